The van der Waals surface area contributed by atoms with E-state index in [1.54, 1.807) is 12.1 Å². The number of anilines is 1. The minimum absolute atomic E-state index is 0.366. The van der Waals surface area contributed by atoms with Crippen molar-refractivity contribution in [3.8, 4) is 11.5 Å². The summed E-state index contributed by atoms with van der Waals surface area (Å²) in [7, 11) is 0. The van der Waals surface area contributed by atoms with Gasteiger partial charge in [0.05, 0.1) is 5.69 Å². The summed E-state index contributed by atoms with van der Waals surface area (Å²) < 4.78 is 5.75. The molecule has 2 aromatic carbocycles. The third-order valence-corrected chi connectivity index (χ3v) is 2.84. The fourth-order valence-electron chi connectivity index (χ4n) is 1.83. The summed E-state index contributed by atoms with van der Waals surface area (Å²) in [5, 5.41) is 0. The highest BCUT2D eigenvalue weighted by atomic mass is 16.5. The topological polar surface area (TPSA) is 78.3 Å². The summed E-state index contributed by atoms with van der Waals surface area (Å²) in [4.78, 5) is 11.0. The third-order valence-electron chi connectivity index (χ3n) is 2.84. The van der Waals surface area contributed by atoms with Gasteiger partial charge in [0.2, 0.25) is 5.91 Å². The van der Waals surface area contributed by atoms with Gasteiger partial charge in [0.1, 0.15) is 11.5 Å². The lowest BCUT2D eigenvalue weighted by Gasteiger charge is -2.11. The molecule has 19 heavy (non-hydrogen) atoms. The van der Waals surface area contributed by atoms with E-state index in [1.807, 2.05) is 32.0 Å². The molecular formula is C15H16N2O2. The summed E-state index contributed by atoms with van der Waals surface area (Å²) in [5.74, 6) is 0.742. The first kappa shape index (κ1) is 13.0. The number of aryl methyl sites for hydroxylation is 2. The van der Waals surface area contributed by atoms with Gasteiger partial charge in [0.15, 0.2) is 0 Å². The van der Waals surface area contributed by atoms with Crippen molar-refractivity contribution in [3.63, 3.8) is 0 Å². The van der Waals surface area contributed by atoms with E-state index in [-0.39, 0.29) is 0 Å². The van der Waals surface area contributed by atoms with Crippen molar-refractivity contribution < 1.29 is 9.53 Å². The van der Waals surface area contributed by atoms with E-state index >= 15 is 0 Å². The zero-order valence-electron chi connectivity index (χ0n) is 10.9. The van der Waals surface area contributed by atoms with Gasteiger partial charge < -0.3 is 16.2 Å². The number of carbonyl (C=O) groups is 1. The Kier molecular flexibility index (Phi) is 3.42. The predicted octanol–water partition coefficient (Wildman–Crippen LogP) is 2.78. The van der Waals surface area contributed by atoms with Crippen molar-refractivity contribution in [1.29, 1.82) is 0 Å². The smallest absolute Gasteiger partial charge is 0.248 e. The van der Waals surface area contributed by atoms with Gasteiger partial charge in [0, 0.05) is 5.56 Å². The summed E-state index contributed by atoms with van der Waals surface area (Å²) in [6, 6.07) is 10.7. The monoisotopic (exact) mass is 256 g/mol. The Bertz CT molecular complexity index is 636. The van der Waals surface area contributed by atoms with Gasteiger partial charge in [-0.25, -0.2) is 0 Å². The van der Waals surface area contributed by atoms with E-state index in [1.165, 1.54) is 11.6 Å². The Morgan fingerprint density at radius 3 is 2.32 bits per heavy atom. The van der Waals surface area contributed by atoms with Gasteiger partial charge in [0.25, 0.3) is 0 Å². The Morgan fingerprint density at radius 1 is 1.05 bits per heavy atom. The van der Waals surface area contributed by atoms with Gasteiger partial charge >= 0.3 is 0 Å². The van der Waals surface area contributed by atoms with Gasteiger partial charge in [-0.1, -0.05) is 17.7 Å². The Morgan fingerprint density at radius 2 is 1.74 bits per heavy atom. The minimum atomic E-state index is -0.509. The van der Waals surface area contributed by atoms with Crippen LogP contribution in [0.15, 0.2) is 36.4 Å². The van der Waals surface area contributed by atoms with Gasteiger partial charge in [-0.2, -0.15) is 0 Å². The highest BCUT2D eigenvalue weighted by Gasteiger charge is 2.08. The van der Waals surface area contributed by atoms with Crippen LogP contribution in [0.4, 0.5) is 5.69 Å². The molecule has 0 heterocycles. The number of primary amides is 1. The van der Waals surface area contributed by atoms with Crippen LogP contribution < -0.4 is 16.2 Å². The van der Waals surface area contributed by atoms with Crippen molar-refractivity contribution in [2.24, 2.45) is 5.73 Å². The fraction of sp³-hybridized carbons (Fsp3) is 0.133. The molecule has 2 rings (SSSR count). The molecule has 98 valence electrons. The molecule has 2 aromatic rings. The SMILES string of the molecule is Cc1ccc(Oc2ccc(C(N)=O)cc2N)c(C)c1. The second-order valence-electron chi connectivity index (χ2n) is 4.49. The maximum Gasteiger partial charge on any atom is 0.248 e. The van der Waals surface area contributed by atoms with Crippen LogP contribution in [0, 0.1) is 13.8 Å². The number of nitrogen functional groups attached to an aromatic ring is 1. The van der Waals surface area contributed by atoms with E-state index in [0.717, 1.165) is 11.3 Å². The Labute approximate surface area is 112 Å². The molecular weight excluding hydrogens is 240 g/mol. The normalized spacial score (nSPS) is 10.2. The van der Waals surface area contributed by atoms with Crippen LogP contribution in [0.3, 0.4) is 0 Å². The molecule has 1 amide bonds. The number of hydrogen-bond donors (Lipinski definition) is 2. The minimum Gasteiger partial charge on any atom is -0.455 e. The first-order chi connectivity index (χ1) is 8.97. The van der Waals surface area contributed by atoms with E-state index < -0.39 is 5.91 Å². The average Bonchev–Trinajstić information content (AvgIpc) is 2.34. The lowest BCUT2D eigenvalue weighted by molar-refractivity contribution is 0.100. The Hall–Kier alpha value is -2.49. The molecule has 0 spiro atoms. The predicted molar refractivity (Wildman–Crippen MR) is 75.4 cm³/mol. The van der Waals surface area contributed by atoms with Crippen LogP contribution in [-0.2, 0) is 0 Å². The largest absolute Gasteiger partial charge is 0.455 e. The number of benzene rings is 2. The first-order valence-electron chi connectivity index (χ1n) is 5.92. The molecule has 0 atom stereocenters. The number of ether oxygens (including phenoxy) is 1. The average molecular weight is 256 g/mol. The first-order valence-corrected chi connectivity index (χ1v) is 5.92. The van der Waals surface area contributed by atoms with Crippen LogP contribution in [0.25, 0.3) is 0 Å². The molecule has 0 aromatic heterocycles. The summed E-state index contributed by atoms with van der Waals surface area (Å²) in [6.07, 6.45) is 0. The molecule has 0 fully saturated rings. The van der Waals surface area contributed by atoms with Crippen molar-refractivity contribution >= 4 is 11.6 Å². The van der Waals surface area contributed by atoms with E-state index in [4.69, 9.17) is 16.2 Å². The number of rotatable bonds is 3. The molecule has 4 N–H and O–H groups in total. The number of amides is 1. The molecule has 0 unspecified atom stereocenters. The molecule has 0 saturated carbocycles. The van der Waals surface area contributed by atoms with Crippen molar-refractivity contribution in [2.45, 2.75) is 13.8 Å². The van der Waals surface area contributed by atoms with Crippen LogP contribution in [0.5, 0.6) is 11.5 Å². The molecule has 0 radical (unpaired) electrons. The highest BCUT2D eigenvalue weighted by Crippen LogP contribution is 2.30. The Balaban J connectivity index is 2.31. The molecule has 4 heteroatoms. The van der Waals surface area contributed by atoms with Crippen molar-refractivity contribution in [3.05, 3.63) is 53.1 Å². The van der Waals surface area contributed by atoms with Gasteiger partial charge in [-0.15, -0.1) is 0 Å². The quantitative estimate of drug-likeness (QED) is 0.829. The summed E-state index contributed by atoms with van der Waals surface area (Å²) in [6.45, 7) is 3.99. The number of nitrogens with two attached hydrogens (primary N) is 2. The third kappa shape index (κ3) is 2.85. The molecule has 0 aliphatic rings. The maximum atomic E-state index is 11.0. The molecule has 0 saturated heterocycles. The van der Waals surface area contributed by atoms with E-state index in [9.17, 15) is 4.79 Å². The molecule has 4 nitrogen and oxygen atoms in total. The lowest BCUT2D eigenvalue weighted by atomic mass is 10.1. The summed E-state index contributed by atoms with van der Waals surface area (Å²) in [5.41, 5.74) is 14.0. The lowest BCUT2D eigenvalue weighted by Crippen LogP contribution is -2.11. The molecule has 0 aliphatic heterocycles. The van der Waals surface area contributed by atoms with Crippen LogP contribution in [0.1, 0.15) is 21.5 Å². The standard InChI is InChI=1S/C15H16N2O2/c1-9-3-5-13(10(2)7-9)19-14-6-4-11(15(17)18)8-12(14)16/h3-8H,16H2,1-2H3,(H2,17,18). The van der Waals surface area contributed by atoms with Crippen molar-refractivity contribution in [2.75, 3.05) is 5.73 Å². The zero-order chi connectivity index (χ0) is 14.0. The maximum absolute atomic E-state index is 11.0. The van der Waals surface area contributed by atoms with Crippen LogP contribution in [-0.4, -0.2) is 5.91 Å². The molecule has 0 aliphatic carbocycles. The van der Waals surface area contributed by atoms with E-state index in [0.29, 0.717) is 17.0 Å². The zero-order valence-corrected chi connectivity index (χ0v) is 10.9. The number of carbonyl (C=O) groups excluding carboxylic acids is 1. The van der Waals surface area contributed by atoms with E-state index in [2.05, 4.69) is 0 Å². The van der Waals surface area contributed by atoms with Crippen molar-refractivity contribution in [1.82, 2.24) is 0 Å². The van der Waals surface area contributed by atoms with Crippen LogP contribution >= 0.6 is 0 Å². The van der Waals surface area contributed by atoms with Gasteiger partial charge in [-0.05, 0) is 43.7 Å². The summed E-state index contributed by atoms with van der Waals surface area (Å²) >= 11 is 0. The molecule has 0 bridgehead atoms. The fourth-order valence-corrected chi connectivity index (χ4v) is 1.83. The number of hydrogen-bond acceptors (Lipinski definition) is 3. The van der Waals surface area contributed by atoms with Crippen LogP contribution in [0.2, 0.25) is 0 Å². The highest BCUT2D eigenvalue weighted by molar-refractivity contribution is 5.94. The second-order valence-corrected chi connectivity index (χ2v) is 4.49. The van der Waals surface area contributed by atoms with Gasteiger partial charge in [-0.3, -0.25) is 4.79 Å². The second kappa shape index (κ2) is 5.02.